The van der Waals surface area contributed by atoms with Crippen LogP contribution in [0.25, 0.3) is 0 Å². The number of benzene rings is 1. The molecule has 1 aliphatic carbocycles. The molecule has 2 N–H and O–H groups in total. The molecule has 0 radical (unpaired) electrons. The van der Waals surface area contributed by atoms with Crippen LogP contribution in [0.4, 0.5) is 0 Å². The van der Waals surface area contributed by atoms with E-state index >= 15 is 0 Å². The quantitative estimate of drug-likeness (QED) is 0.795. The van der Waals surface area contributed by atoms with Crippen LogP contribution in [0.3, 0.4) is 0 Å². The molecule has 1 aliphatic rings. The molecule has 0 bridgehead atoms. The van der Waals surface area contributed by atoms with Crippen molar-refractivity contribution in [3.05, 3.63) is 47.5 Å². The third-order valence-electron chi connectivity index (χ3n) is 3.29. The van der Waals surface area contributed by atoms with Crippen LogP contribution in [0.15, 0.2) is 36.4 Å². The number of carboxylic acid groups (broad SMARTS) is 1. The average Bonchev–Trinajstić information content (AvgIpc) is 2.93. The van der Waals surface area contributed by atoms with Crippen molar-refractivity contribution >= 4 is 11.9 Å². The summed E-state index contributed by atoms with van der Waals surface area (Å²) >= 11 is 0. The first kappa shape index (κ1) is 13.3. The molecule has 2 rings (SSSR count). The molecular weight excluding hydrogens is 242 g/mol. The van der Waals surface area contributed by atoms with Gasteiger partial charge in [-0.15, -0.1) is 0 Å². The number of rotatable bonds is 5. The molecule has 4 heteroatoms. The minimum Gasteiger partial charge on any atom is -0.478 e. The number of hydrogen-bond acceptors (Lipinski definition) is 2. The lowest BCUT2D eigenvalue weighted by atomic mass is 10.1. The molecule has 0 saturated heterocycles. The Kier molecular flexibility index (Phi) is 4.34. The zero-order chi connectivity index (χ0) is 13.7. The lowest BCUT2D eigenvalue weighted by Crippen LogP contribution is -2.31. The van der Waals surface area contributed by atoms with Gasteiger partial charge in [-0.2, -0.15) is 0 Å². The van der Waals surface area contributed by atoms with E-state index in [0.717, 1.165) is 18.4 Å². The lowest BCUT2D eigenvalue weighted by Gasteiger charge is -2.10. The molecular formula is C15H17NO3. The summed E-state index contributed by atoms with van der Waals surface area (Å²) in [5, 5.41) is 11.7. The minimum atomic E-state index is -0.923. The van der Waals surface area contributed by atoms with Crippen LogP contribution in [0.2, 0.25) is 0 Å². The highest BCUT2D eigenvalue weighted by molar-refractivity contribution is 5.87. The summed E-state index contributed by atoms with van der Waals surface area (Å²) < 4.78 is 0. The minimum absolute atomic E-state index is 0.0920. The Morgan fingerprint density at radius 1 is 1.16 bits per heavy atom. The summed E-state index contributed by atoms with van der Waals surface area (Å²) in [5.74, 6) is -0.727. The molecule has 0 atom stereocenters. The van der Waals surface area contributed by atoms with Crippen molar-refractivity contribution in [2.24, 2.45) is 5.92 Å². The standard InChI is InChI=1S/C15H17NO3/c17-14(12-3-1-2-4-12)16-10-9-11-5-7-13(8-6-11)15(18)19/h1-2,5-8,12H,3-4,9-10H2,(H,16,17)(H,18,19). The maximum absolute atomic E-state index is 11.8. The SMILES string of the molecule is O=C(O)c1ccc(CCNC(=O)C2CC=CC2)cc1. The molecule has 0 unspecified atom stereocenters. The highest BCUT2D eigenvalue weighted by Gasteiger charge is 2.18. The van der Waals surface area contributed by atoms with Crippen LogP contribution in [-0.2, 0) is 11.2 Å². The van der Waals surface area contributed by atoms with Crippen molar-refractivity contribution in [1.29, 1.82) is 0 Å². The lowest BCUT2D eigenvalue weighted by molar-refractivity contribution is -0.124. The Bertz CT molecular complexity index is 483. The van der Waals surface area contributed by atoms with E-state index in [1.54, 1.807) is 24.3 Å². The summed E-state index contributed by atoms with van der Waals surface area (Å²) in [4.78, 5) is 22.4. The second-order valence-electron chi connectivity index (χ2n) is 4.68. The Balaban J connectivity index is 1.76. The van der Waals surface area contributed by atoms with Crippen LogP contribution in [-0.4, -0.2) is 23.5 Å². The number of nitrogens with one attached hydrogen (secondary N) is 1. The molecule has 0 aromatic heterocycles. The molecule has 1 aromatic rings. The summed E-state index contributed by atoms with van der Waals surface area (Å²) in [7, 11) is 0. The number of amides is 1. The fourth-order valence-corrected chi connectivity index (χ4v) is 2.12. The van der Waals surface area contributed by atoms with Gasteiger partial charge in [0.05, 0.1) is 5.56 Å². The van der Waals surface area contributed by atoms with E-state index < -0.39 is 5.97 Å². The Morgan fingerprint density at radius 3 is 2.37 bits per heavy atom. The number of aromatic carboxylic acids is 1. The molecule has 0 fully saturated rings. The van der Waals surface area contributed by atoms with Crippen LogP contribution < -0.4 is 5.32 Å². The fourth-order valence-electron chi connectivity index (χ4n) is 2.12. The molecule has 100 valence electrons. The van der Waals surface area contributed by atoms with Gasteiger partial charge in [0.1, 0.15) is 0 Å². The van der Waals surface area contributed by atoms with E-state index in [9.17, 15) is 9.59 Å². The van der Waals surface area contributed by atoms with Gasteiger partial charge < -0.3 is 10.4 Å². The van der Waals surface area contributed by atoms with E-state index in [-0.39, 0.29) is 17.4 Å². The largest absolute Gasteiger partial charge is 0.478 e. The van der Waals surface area contributed by atoms with Gasteiger partial charge in [-0.3, -0.25) is 4.79 Å². The van der Waals surface area contributed by atoms with Crippen molar-refractivity contribution in [3.63, 3.8) is 0 Å². The van der Waals surface area contributed by atoms with Gasteiger partial charge in [-0.25, -0.2) is 4.79 Å². The highest BCUT2D eigenvalue weighted by Crippen LogP contribution is 2.17. The Hall–Kier alpha value is -2.10. The highest BCUT2D eigenvalue weighted by atomic mass is 16.4. The molecule has 0 saturated carbocycles. The van der Waals surface area contributed by atoms with Crippen molar-refractivity contribution in [1.82, 2.24) is 5.32 Å². The maximum atomic E-state index is 11.8. The first-order valence-corrected chi connectivity index (χ1v) is 6.42. The predicted molar refractivity (Wildman–Crippen MR) is 72.0 cm³/mol. The van der Waals surface area contributed by atoms with Crippen LogP contribution >= 0.6 is 0 Å². The van der Waals surface area contributed by atoms with Gasteiger partial charge in [-0.1, -0.05) is 24.3 Å². The Labute approximate surface area is 112 Å². The number of carboxylic acids is 1. The van der Waals surface area contributed by atoms with E-state index in [4.69, 9.17) is 5.11 Å². The number of allylic oxidation sites excluding steroid dienone is 2. The molecule has 1 amide bonds. The third kappa shape index (κ3) is 3.68. The zero-order valence-corrected chi connectivity index (χ0v) is 10.6. The molecule has 0 heterocycles. The Morgan fingerprint density at radius 2 is 1.79 bits per heavy atom. The van der Waals surface area contributed by atoms with Crippen molar-refractivity contribution < 1.29 is 14.7 Å². The predicted octanol–water partition coefficient (Wildman–Crippen LogP) is 2.01. The maximum Gasteiger partial charge on any atom is 0.335 e. The van der Waals surface area contributed by atoms with E-state index in [1.165, 1.54) is 0 Å². The number of hydrogen-bond donors (Lipinski definition) is 2. The van der Waals surface area contributed by atoms with Gasteiger partial charge in [-0.05, 0) is 37.0 Å². The summed E-state index contributed by atoms with van der Waals surface area (Å²) in [6.45, 7) is 0.585. The van der Waals surface area contributed by atoms with E-state index in [2.05, 4.69) is 5.32 Å². The normalized spacial score (nSPS) is 14.5. The molecule has 19 heavy (non-hydrogen) atoms. The average molecular weight is 259 g/mol. The molecule has 4 nitrogen and oxygen atoms in total. The molecule has 1 aromatic carbocycles. The van der Waals surface area contributed by atoms with Gasteiger partial charge in [0.25, 0.3) is 0 Å². The second-order valence-corrected chi connectivity index (χ2v) is 4.68. The van der Waals surface area contributed by atoms with Gasteiger partial charge in [0.15, 0.2) is 0 Å². The van der Waals surface area contributed by atoms with Crippen LogP contribution in [0.1, 0.15) is 28.8 Å². The second kappa shape index (κ2) is 6.18. The van der Waals surface area contributed by atoms with Crippen molar-refractivity contribution in [3.8, 4) is 0 Å². The third-order valence-corrected chi connectivity index (χ3v) is 3.29. The topological polar surface area (TPSA) is 66.4 Å². The van der Waals surface area contributed by atoms with Gasteiger partial charge in [0.2, 0.25) is 5.91 Å². The van der Waals surface area contributed by atoms with Crippen LogP contribution in [0, 0.1) is 5.92 Å². The van der Waals surface area contributed by atoms with Crippen molar-refractivity contribution in [2.45, 2.75) is 19.3 Å². The van der Waals surface area contributed by atoms with E-state index in [0.29, 0.717) is 13.0 Å². The van der Waals surface area contributed by atoms with Gasteiger partial charge >= 0.3 is 5.97 Å². The number of carbonyl (C=O) groups is 2. The smallest absolute Gasteiger partial charge is 0.335 e. The number of carbonyl (C=O) groups excluding carboxylic acids is 1. The fraction of sp³-hybridized carbons (Fsp3) is 0.333. The summed E-state index contributed by atoms with van der Waals surface area (Å²) in [5.41, 5.74) is 1.31. The molecule has 0 aliphatic heterocycles. The first-order chi connectivity index (χ1) is 9.16. The summed E-state index contributed by atoms with van der Waals surface area (Å²) in [6, 6.07) is 6.74. The van der Waals surface area contributed by atoms with Gasteiger partial charge in [0, 0.05) is 12.5 Å². The molecule has 0 spiro atoms. The summed E-state index contributed by atoms with van der Waals surface area (Å²) in [6.07, 6.45) is 6.45. The monoisotopic (exact) mass is 259 g/mol. The first-order valence-electron chi connectivity index (χ1n) is 6.42. The van der Waals surface area contributed by atoms with E-state index in [1.807, 2.05) is 12.2 Å². The van der Waals surface area contributed by atoms with Crippen LogP contribution in [0.5, 0.6) is 0 Å². The van der Waals surface area contributed by atoms with Crippen molar-refractivity contribution in [2.75, 3.05) is 6.54 Å². The zero-order valence-electron chi connectivity index (χ0n) is 10.6.